The number of rotatable bonds is 3. The lowest BCUT2D eigenvalue weighted by Gasteiger charge is -2.39. The molecule has 0 aromatic carbocycles. The number of likely N-dealkylation sites (tertiary alicyclic amines) is 1. The molecule has 0 aromatic rings. The molecule has 2 heterocycles. The van der Waals surface area contributed by atoms with Crippen LogP contribution in [0.1, 0.15) is 52.9 Å². The minimum atomic E-state index is -0.419. The largest absolute Gasteiger partial charge is 0.444 e. The Balaban J connectivity index is 1.59. The van der Waals surface area contributed by atoms with Gasteiger partial charge in [-0.25, -0.2) is 9.80 Å². The van der Waals surface area contributed by atoms with Crippen molar-refractivity contribution < 1.29 is 9.53 Å². The second-order valence-electron chi connectivity index (χ2n) is 9.00. The summed E-state index contributed by atoms with van der Waals surface area (Å²) < 4.78 is 5.66. The molecule has 3 rings (SSSR count). The third-order valence-corrected chi connectivity index (χ3v) is 5.84. The van der Waals surface area contributed by atoms with Gasteiger partial charge in [0.15, 0.2) is 0 Å². The first-order chi connectivity index (χ1) is 11.8. The average molecular weight is 353 g/mol. The molecule has 3 fully saturated rings. The van der Waals surface area contributed by atoms with Crippen LogP contribution < -0.4 is 5.43 Å². The molecule has 3 atom stereocenters. The Hall–Kier alpha value is -0.850. The van der Waals surface area contributed by atoms with Crippen molar-refractivity contribution in [1.82, 2.24) is 20.2 Å². The Morgan fingerprint density at radius 2 is 1.72 bits per heavy atom. The molecular formula is C19H36N4O2. The Morgan fingerprint density at radius 3 is 2.40 bits per heavy atom. The van der Waals surface area contributed by atoms with Crippen molar-refractivity contribution >= 4 is 6.09 Å². The third kappa shape index (κ3) is 4.86. The summed E-state index contributed by atoms with van der Waals surface area (Å²) in [5, 5.41) is 2.40. The fourth-order valence-corrected chi connectivity index (χ4v) is 4.56. The SMILES string of the molecule is CN1CCN(NC2CCCC2C2CCCN2C(=O)OC(C)(C)C)CC1. The van der Waals surface area contributed by atoms with Crippen LogP contribution in [0.3, 0.4) is 0 Å². The summed E-state index contributed by atoms with van der Waals surface area (Å²) in [6.07, 6.45) is 5.78. The van der Waals surface area contributed by atoms with E-state index < -0.39 is 5.60 Å². The highest BCUT2D eigenvalue weighted by atomic mass is 16.6. The maximum atomic E-state index is 12.6. The van der Waals surface area contributed by atoms with E-state index in [1.54, 1.807) is 0 Å². The van der Waals surface area contributed by atoms with E-state index in [2.05, 4.69) is 22.4 Å². The van der Waals surface area contributed by atoms with Crippen molar-refractivity contribution in [3.63, 3.8) is 0 Å². The molecule has 6 heteroatoms. The molecule has 0 aromatic heterocycles. The van der Waals surface area contributed by atoms with Gasteiger partial charge in [0.25, 0.3) is 0 Å². The van der Waals surface area contributed by atoms with Crippen LogP contribution in [0.5, 0.6) is 0 Å². The number of nitrogens with zero attached hydrogens (tertiary/aromatic N) is 3. The molecular weight excluding hydrogens is 316 g/mol. The van der Waals surface area contributed by atoms with Crippen LogP contribution in [0.2, 0.25) is 0 Å². The summed E-state index contributed by atoms with van der Waals surface area (Å²) in [6.45, 7) is 11.1. The lowest BCUT2D eigenvalue weighted by Crippen LogP contribution is -2.56. The predicted octanol–water partition coefficient (Wildman–Crippen LogP) is 2.31. The maximum absolute atomic E-state index is 12.6. The first kappa shape index (κ1) is 18.9. The van der Waals surface area contributed by atoms with E-state index in [1.165, 1.54) is 19.3 Å². The summed E-state index contributed by atoms with van der Waals surface area (Å²) in [4.78, 5) is 17.0. The summed E-state index contributed by atoms with van der Waals surface area (Å²) >= 11 is 0. The van der Waals surface area contributed by atoms with Gasteiger partial charge in [-0.1, -0.05) is 6.42 Å². The summed E-state index contributed by atoms with van der Waals surface area (Å²) in [5.74, 6) is 0.551. The van der Waals surface area contributed by atoms with Crippen LogP contribution in [0.25, 0.3) is 0 Å². The van der Waals surface area contributed by atoms with Gasteiger partial charge in [0.2, 0.25) is 0 Å². The van der Waals surface area contributed by atoms with Crippen molar-refractivity contribution in [2.75, 3.05) is 39.8 Å². The fourth-order valence-electron chi connectivity index (χ4n) is 4.56. The van der Waals surface area contributed by atoms with E-state index in [9.17, 15) is 4.79 Å². The fraction of sp³-hybridized carbons (Fsp3) is 0.947. The van der Waals surface area contributed by atoms with Gasteiger partial charge in [-0.2, -0.15) is 0 Å². The Kier molecular flexibility index (Phi) is 5.91. The monoisotopic (exact) mass is 352 g/mol. The van der Waals surface area contributed by atoms with E-state index >= 15 is 0 Å². The van der Waals surface area contributed by atoms with Gasteiger partial charge in [0.05, 0.1) is 0 Å². The number of hydrogen-bond donors (Lipinski definition) is 1. The van der Waals surface area contributed by atoms with E-state index in [0.29, 0.717) is 18.0 Å². The highest BCUT2D eigenvalue weighted by Gasteiger charge is 2.42. The standard InChI is InChI=1S/C19H36N4O2/c1-19(2,3)25-18(24)23-10-6-9-17(23)15-7-5-8-16(15)20-22-13-11-21(4)12-14-22/h15-17,20H,5-14H2,1-4H3. The molecule has 1 amide bonds. The van der Waals surface area contributed by atoms with Gasteiger partial charge in [-0.3, -0.25) is 5.43 Å². The van der Waals surface area contributed by atoms with Crippen LogP contribution >= 0.6 is 0 Å². The molecule has 0 radical (unpaired) electrons. The van der Waals surface area contributed by atoms with Gasteiger partial charge < -0.3 is 14.5 Å². The molecule has 3 aliphatic rings. The van der Waals surface area contributed by atoms with Crippen LogP contribution in [0.4, 0.5) is 4.79 Å². The van der Waals surface area contributed by atoms with Crippen LogP contribution in [-0.4, -0.2) is 78.4 Å². The number of carbonyl (C=O) groups is 1. The first-order valence-electron chi connectivity index (χ1n) is 10.0. The van der Waals surface area contributed by atoms with E-state index in [1.807, 2.05) is 25.7 Å². The van der Waals surface area contributed by atoms with Crippen LogP contribution in [0, 0.1) is 5.92 Å². The molecule has 2 saturated heterocycles. The Morgan fingerprint density at radius 1 is 1.00 bits per heavy atom. The number of piperazine rings is 1. The van der Waals surface area contributed by atoms with E-state index in [0.717, 1.165) is 45.6 Å². The van der Waals surface area contributed by atoms with Gasteiger partial charge in [0.1, 0.15) is 5.60 Å². The summed E-state index contributed by atoms with van der Waals surface area (Å²) in [6, 6.07) is 0.832. The molecule has 6 nitrogen and oxygen atoms in total. The Labute approximate surface area is 152 Å². The quantitative estimate of drug-likeness (QED) is 0.845. The Bertz CT molecular complexity index is 457. The number of amides is 1. The summed E-state index contributed by atoms with van der Waals surface area (Å²) in [7, 11) is 2.19. The van der Waals surface area contributed by atoms with Gasteiger partial charge in [0, 0.05) is 44.8 Å². The number of carbonyl (C=O) groups excluding carboxylic acids is 1. The number of hydrogen-bond acceptors (Lipinski definition) is 5. The van der Waals surface area contributed by atoms with Crippen molar-refractivity contribution in [2.45, 2.75) is 70.6 Å². The zero-order chi connectivity index (χ0) is 18.0. The molecule has 0 spiro atoms. The minimum Gasteiger partial charge on any atom is -0.444 e. The second-order valence-corrected chi connectivity index (χ2v) is 9.00. The highest BCUT2D eigenvalue weighted by molar-refractivity contribution is 5.69. The lowest BCUT2D eigenvalue weighted by atomic mass is 9.92. The minimum absolute atomic E-state index is 0.125. The van der Waals surface area contributed by atoms with Crippen molar-refractivity contribution in [2.24, 2.45) is 5.92 Å². The number of nitrogens with one attached hydrogen (secondary N) is 1. The maximum Gasteiger partial charge on any atom is 0.410 e. The number of hydrazine groups is 1. The van der Waals surface area contributed by atoms with Crippen LogP contribution in [-0.2, 0) is 4.74 Å². The predicted molar refractivity (Wildman–Crippen MR) is 99.3 cm³/mol. The molecule has 0 bridgehead atoms. The first-order valence-corrected chi connectivity index (χ1v) is 10.0. The smallest absolute Gasteiger partial charge is 0.410 e. The molecule has 3 unspecified atom stereocenters. The van der Waals surface area contributed by atoms with E-state index in [4.69, 9.17) is 4.74 Å². The molecule has 1 saturated carbocycles. The summed E-state index contributed by atoms with van der Waals surface area (Å²) in [5.41, 5.74) is 3.38. The normalized spacial score (nSPS) is 32.3. The number of likely N-dealkylation sites (N-methyl/N-ethyl adjacent to an activating group) is 1. The third-order valence-electron chi connectivity index (χ3n) is 5.84. The molecule has 25 heavy (non-hydrogen) atoms. The van der Waals surface area contributed by atoms with Gasteiger partial charge >= 0.3 is 6.09 Å². The molecule has 2 aliphatic heterocycles. The average Bonchev–Trinajstić information content (AvgIpc) is 3.16. The number of ether oxygens (including phenoxy) is 1. The van der Waals surface area contributed by atoms with Crippen LogP contribution in [0.15, 0.2) is 0 Å². The zero-order valence-corrected chi connectivity index (χ0v) is 16.5. The lowest BCUT2D eigenvalue weighted by molar-refractivity contribution is 0.0129. The van der Waals surface area contributed by atoms with Crippen molar-refractivity contribution in [3.8, 4) is 0 Å². The van der Waals surface area contributed by atoms with Gasteiger partial charge in [-0.05, 0) is 59.4 Å². The van der Waals surface area contributed by atoms with Crippen molar-refractivity contribution in [3.05, 3.63) is 0 Å². The van der Waals surface area contributed by atoms with Crippen molar-refractivity contribution in [1.29, 1.82) is 0 Å². The molecule has 1 N–H and O–H groups in total. The molecule has 144 valence electrons. The topological polar surface area (TPSA) is 48.0 Å². The van der Waals surface area contributed by atoms with Gasteiger partial charge in [-0.15, -0.1) is 0 Å². The van der Waals surface area contributed by atoms with E-state index in [-0.39, 0.29) is 6.09 Å². The molecule has 1 aliphatic carbocycles. The highest BCUT2D eigenvalue weighted by Crippen LogP contribution is 2.36. The second kappa shape index (κ2) is 7.80. The zero-order valence-electron chi connectivity index (χ0n) is 16.5.